The number of hydrogen-bond donors (Lipinski definition) is 2. The molecule has 0 saturated heterocycles. The topological polar surface area (TPSA) is 173 Å². The maximum absolute atomic E-state index is 11.7. The van der Waals surface area contributed by atoms with Gasteiger partial charge in [-0.1, -0.05) is 160 Å². The minimum absolute atomic E-state index is 0. The second-order valence-corrected chi connectivity index (χ2v) is 19.1. The van der Waals surface area contributed by atoms with Crippen LogP contribution in [0.3, 0.4) is 0 Å². The number of hydrogen-bond acceptors (Lipinski definition) is 9. The Kier molecular flexibility index (Phi) is 28.5. The molecule has 0 spiro atoms. The van der Waals surface area contributed by atoms with Crippen molar-refractivity contribution in [3.63, 3.8) is 0 Å². The maximum atomic E-state index is 11.7. The molecule has 4 aromatic carbocycles. The molecule has 0 aliphatic rings. The van der Waals surface area contributed by atoms with E-state index in [2.05, 4.69) is 13.8 Å². The Morgan fingerprint density at radius 1 is 0.476 bits per heavy atom. The van der Waals surface area contributed by atoms with Gasteiger partial charge in [-0.2, -0.15) is 8.42 Å². The van der Waals surface area contributed by atoms with Gasteiger partial charge in [-0.15, -0.1) is 5.75 Å². The Hall–Kier alpha value is -2.84. The number of unbranched alkanes of at least 4 members (excludes halogenated alkanes) is 20. The van der Waals surface area contributed by atoms with Crippen molar-refractivity contribution in [2.24, 2.45) is 0 Å². The average Bonchev–Trinajstić information content (AvgIpc) is 3.21. The van der Waals surface area contributed by atoms with Crippen LogP contribution < -0.4 is 14.6 Å². The van der Waals surface area contributed by atoms with Gasteiger partial charge in [-0.3, -0.25) is 4.55 Å². The molecule has 0 amide bonds. The van der Waals surface area contributed by atoms with Crippen LogP contribution in [0, 0.1) is 0 Å². The van der Waals surface area contributed by atoms with Gasteiger partial charge in [0.2, 0.25) is 0 Å². The summed E-state index contributed by atoms with van der Waals surface area (Å²) in [5.41, 5.74) is 1.56. The number of benzene rings is 4. The quantitative estimate of drug-likeness (QED) is 0.0291. The molecule has 344 valence electrons. The third-order valence-electron chi connectivity index (χ3n) is 10.7. The van der Waals surface area contributed by atoms with Crippen LogP contribution in [0.5, 0.6) is 34.5 Å². The first-order chi connectivity index (χ1) is 29.8. The fourth-order valence-corrected chi connectivity index (χ4v) is 8.43. The second kappa shape index (κ2) is 31.9. The van der Waals surface area contributed by atoms with Crippen LogP contribution in [-0.4, -0.2) is 68.8 Å². The number of ether oxygens (including phenoxy) is 2. The summed E-state index contributed by atoms with van der Waals surface area (Å²) in [5.74, 6) is 1.14. The molecule has 2 N–H and O–H groups in total. The zero-order valence-corrected chi connectivity index (χ0v) is 41.6. The van der Waals surface area contributed by atoms with Gasteiger partial charge >= 0.3 is 37.7 Å². The number of aromatic hydroxyl groups is 1. The molecule has 0 aliphatic carbocycles. The number of phenolic OH excluding ortho intramolecular Hbond substituents is 1. The van der Waals surface area contributed by atoms with E-state index in [1.54, 1.807) is 36.4 Å². The molecule has 13 heteroatoms. The largest absolute Gasteiger partial charge is 2.00 e. The van der Waals surface area contributed by atoms with Crippen molar-refractivity contribution in [1.29, 1.82) is 0 Å². The van der Waals surface area contributed by atoms with Crippen molar-refractivity contribution < 1.29 is 45.6 Å². The normalized spacial score (nSPS) is 11.4. The smallest absolute Gasteiger partial charge is 0.872 e. The van der Waals surface area contributed by atoms with E-state index in [4.69, 9.17) is 9.47 Å². The molecule has 0 aromatic heterocycles. The molecule has 0 unspecified atom stereocenters. The molecule has 0 fully saturated rings. The molecular formula is C50H70CaO10S2. The van der Waals surface area contributed by atoms with E-state index >= 15 is 0 Å². The van der Waals surface area contributed by atoms with Gasteiger partial charge in [0.15, 0.2) is 0 Å². The third-order valence-corrected chi connectivity index (χ3v) is 12.3. The predicted octanol–water partition coefficient (Wildman–Crippen LogP) is 13.2. The van der Waals surface area contributed by atoms with Crippen molar-refractivity contribution in [2.45, 2.75) is 178 Å². The molecule has 4 rings (SSSR count). The van der Waals surface area contributed by atoms with Crippen molar-refractivity contribution in [3.05, 3.63) is 96.1 Å². The Balaban J connectivity index is 0.000000427. The predicted molar refractivity (Wildman–Crippen MR) is 251 cm³/mol. The van der Waals surface area contributed by atoms with E-state index in [0.717, 1.165) is 49.7 Å². The maximum Gasteiger partial charge on any atom is 2.00 e. The van der Waals surface area contributed by atoms with E-state index in [1.165, 1.54) is 158 Å². The van der Waals surface area contributed by atoms with Gasteiger partial charge in [0.05, 0.1) is 9.79 Å². The minimum atomic E-state index is -4.59. The van der Waals surface area contributed by atoms with Crippen LogP contribution in [0.4, 0.5) is 0 Å². The number of phenols is 1. The summed E-state index contributed by atoms with van der Waals surface area (Å²) in [5, 5.41) is 21.1. The summed E-state index contributed by atoms with van der Waals surface area (Å²) in [7, 11) is -8.93. The first-order valence-corrected chi connectivity index (χ1v) is 25.7. The Morgan fingerprint density at radius 3 is 1.25 bits per heavy atom. The molecule has 0 aliphatic heterocycles. The van der Waals surface area contributed by atoms with Crippen molar-refractivity contribution in [2.75, 3.05) is 0 Å². The zero-order chi connectivity index (χ0) is 45.1. The first-order valence-electron chi connectivity index (χ1n) is 22.9. The molecule has 0 heterocycles. The SMILES string of the molecule is CCCCCCCCCCCCCc1cc(Oc2cccc(O)c2)cc(S(=O)(=O)O)c1.CCCCCCCCCCCCCc1cc(Oc2cccc([O-])c2)cc(S(=O)(=O)[O-])c1.[Ca+2]. The number of rotatable bonds is 30. The van der Waals surface area contributed by atoms with E-state index in [1.807, 2.05) is 0 Å². The molecule has 0 saturated carbocycles. The Morgan fingerprint density at radius 2 is 0.857 bits per heavy atom. The van der Waals surface area contributed by atoms with E-state index in [0.29, 0.717) is 23.7 Å². The Labute approximate surface area is 408 Å². The van der Waals surface area contributed by atoms with Crippen molar-refractivity contribution in [3.8, 4) is 34.5 Å². The zero-order valence-electron chi connectivity index (χ0n) is 37.7. The van der Waals surface area contributed by atoms with E-state index in [9.17, 15) is 36.2 Å². The molecule has 63 heavy (non-hydrogen) atoms. The summed E-state index contributed by atoms with van der Waals surface area (Å²) in [6, 6.07) is 21.2. The summed E-state index contributed by atoms with van der Waals surface area (Å²) in [6.07, 6.45) is 28.7. The number of aryl methyl sites for hydroxylation is 2. The second-order valence-electron chi connectivity index (χ2n) is 16.3. The monoisotopic (exact) mass is 934 g/mol. The van der Waals surface area contributed by atoms with Gasteiger partial charge < -0.3 is 24.2 Å². The standard InChI is InChI=1S/2C25H36O5S.Ca/c2*1-2-3-4-5-6-7-8-9-10-11-12-14-21-17-24(20-25(18-21)31(27,28)29)30-23-16-13-15-22(26)19-23;/h2*13,15-20,26H,2-12,14H2,1H3,(H,27,28,29);/q;;+2/p-2. The van der Waals surface area contributed by atoms with Gasteiger partial charge in [0.1, 0.15) is 38.9 Å². The van der Waals surface area contributed by atoms with E-state index < -0.39 is 20.2 Å². The molecule has 0 bridgehead atoms. The van der Waals surface area contributed by atoms with Crippen molar-refractivity contribution >= 4 is 58.0 Å². The molecule has 10 nitrogen and oxygen atoms in total. The van der Waals surface area contributed by atoms with Crippen LogP contribution in [-0.2, 0) is 33.1 Å². The minimum Gasteiger partial charge on any atom is -0.872 e. The van der Waals surface area contributed by atoms with Gasteiger partial charge in [-0.25, -0.2) is 8.42 Å². The molecule has 0 radical (unpaired) electrons. The molecular weight excluding hydrogens is 865 g/mol. The Bertz CT molecular complexity index is 1940. The van der Waals surface area contributed by atoms with Crippen LogP contribution in [0.25, 0.3) is 0 Å². The molecule has 0 atom stereocenters. The summed E-state index contributed by atoms with van der Waals surface area (Å²) >= 11 is 0. The third kappa shape index (κ3) is 25.4. The van der Waals surface area contributed by atoms with Crippen molar-refractivity contribution in [1.82, 2.24) is 0 Å². The van der Waals surface area contributed by atoms with Gasteiger partial charge in [0, 0.05) is 12.1 Å². The van der Waals surface area contributed by atoms with Crippen LogP contribution >= 0.6 is 0 Å². The van der Waals surface area contributed by atoms with Gasteiger partial charge in [-0.05, 0) is 91.4 Å². The summed E-state index contributed by atoms with van der Waals surface area (Å²) in [4.78, 5) is -0.482. The molecule has 4 aromatic rings. The van der Waals surface area contributed by atoms with Crippen LogP contribution in [0.2, 0.25) is 0 Å². The first kappa shape index (κ1) is 56.3. The van der Waals surface area contributed by atoms with Crippen LogP contribution in [0.1, 0.15) is 166 Å². The summed E-state index contributed by atoms with van der Waals surface area (Å²) in [6.45, 7) is 4.47. The summed E-state index contributed by atoms with van der Waals surface area (Å²) < 4.78 is 78.8. The van der Waals surface area contributed by atoms with Crippen LogP contribution in [0.15, 0.2) is 94.7 Å². The fourth-order valence-electron chi connectivity index (χ4n) is 7.30. The van der Waals surface area contributed by atoms with E-state index in [-0.39, 0.29) is 64.8 Å². The van der Waals surface area contributed by atoms with Gasteiger partial charge in [0.25, 0.3) is 10.1 Å². The average molecular weight is 935 g/mol. The fraction of sp³-hybridized carbons (Fsp3) is 0.520.